The largest absolute Gasteiger partial charge is 0.352 e. The van der Waals surface area contributed by atoms with Crippen molar-refractivity contribution in [3.63, 3.8) is 0 Å². The van der Waals surface area contributed by atoms with Gasteiger partial charge in [-0.3, -0.25) is 9.69 Å². The molecule has 1 saturated heterocycles. The van der Waals surface area contributed by atoms with Crippen molar-refractivity contribution in [2.24, 2.45) is 5.41 Å². The summed E-state index contributed by atoms with van der Waals surface area (Å²) in [6.45, 7) is 8.71. The number of carbonyl (C=O) groups excluding carboxylic acids is 1. The Labute approximate surface area is 154 Å². The Hall–Kier alpha value is -1.72. The van der Waals surface area contributed by atoms with E-state index in [1.165, 1.54) is 5.56 Å². The van der Waals surface area contributed by atoms with Crippen molar-refractivity contribution in [1.82, 2.24) is 15.2 Å². The molecule has 1 atom stereocenters. The fourth-order valence-electron chi connectivity index (χ4n) is 3.04. The zero-order chi connectivity index (χ0) is 17.9. The van der Waals surface area contributed by atoms with Gasteiger partial charge >= 0.3 is 0 Å². The first-order valence-electron chi connectivity index (χ1n) is 8.95. The maximum atomic E-state index is 12.2. The number of piperidine rings is 1. The summed E-state index contributed by atoms with van der Waals surface area (Å²) in [5, 5.41) is 6.43. The van der Waals surface area contributed by atoms with Crippen molar-refractivity contribution in [2.75, 3.05) is 13.1 Å². The van der Waals surface area contributed by atoms with Crippen LogP contribution in [0.4, 0.5) is 0 Å². The van der Waals surface area contributed by atoms with Crippen molar-refractivity contribution < 1.29 is 4.79 Å². The van der Waals surface area contributed by atoms with Crippen LogP contribution in [0.5, 0.6) is 0 Å². The van der Waals surface area contributed by atoms with E-state index in [0.29, 0.717) is 0 Å². The molecule has 1 N–H and O–H groups in total. The molecule has 4 nitrogen and oxygen atoms in total. The van der Waals surface area contributed by atoms with Gasteiger partial charge in [0.05, 0.1) is 5.69 Å². The fraction of sp³-hybridized carbons (Fsp3) is 0.500. The number of likely N-dealkylation sites (tertiary alicyclic amines) is 1. The van der Waals surface area contributed by atoms with E-state index in [1.807, 2.05) is 39.0 Å². The second-order valence-electron chi connectivity index (χ2n) is 7.81. The summed E-state index contributed by atoms with van der Waals surface area (Å²) in [7, 11) is 0. The first-order valence-corrected chi connectivity index (χ1v) is 9.83. The minimum Gasteiger partial charge on any atom is -0.352 e. The Balaban J connectivity index is 1.58. The van der Waals surface area contributed by atoms with E-state index in [-0.39, 0.29) is 17.4 Å². The van der Waals surface area contributed by atoms with Gasteiger partial charge in [-0.05, 0) is 19.4 Å². The Kier molecular flexibility index (Phi) is 5.54. The van der Waals surface area contributed by atoms with Gasteiger partial charge < -0.3 is 5.32 Å². The number of hydrogen-bond donors (Lipinski definition) is 1. The average molecular weight is 358 g/mol. The molecule has 1 amide bonds. The van der Waals surface area contributed by atoms with Crippen molar-refractivity contribution in [1.29, 1.82) is 0 Å². The molecule has 0 bridgehead atoms. The summed E-state index contributed by atoms with van der Waals surface area (Å²) in [6, 6.07) is 10.6. The van der Waals surface area contributed by atoms with Crippen molar-refractivity contribution in [3.05, 3.63) is 41.4 Å². The van der Waals surface area contributed by atoms with Crippen LogP contribution in [0, 0.1) is 5.41 Å². The number of rotatable bonds is 4. The molecule has 0 radical (unpaired) electrons. The van der Waals surface area contributed by atoms with Crippen molar-refractivity contribution >= 4 is 17.2 Å². The molecule has 1 unspecified atom stereocenters. The summed E-state index contributed by atoms with van der Waals surface area (Å²) in [5.74, 6) is 0.138. The topological polar surface area (TPSA) is 45.2 Å². The minimum atomic E-state index is -0.332. The van der Waals surface area contributed by atoms with Gasteiger partial charge in [0, 0.05) is 35.5 Å². The number of nitrogens with one attached hydrogen (secondary N) is 1. The Bertz CT molecular complexity index is 705. The number of amides is 1. The van der Waals surface area contributed by atoms with Gasteiger partial charge in [-0.2, -0.15) is 0 Å². The molecule has 1 aliphatic heterocycles. The van der Waals surface area contributed by atoms with Crippen LogP contribution in [0.3, 0.4) is 0 Å². The lowest BCUT2D eigenvalue weighted by molar-refractivity contribution is -0.129. The molecule has 3 rings (SSSR count). The first-order chi connectivity index (χ1) is 11.9. The second-order valence-corrected chi connectivity index (χ2v) is 8.67. The van der Waals surface area contributed by atoms with Crippen LogP contribution in [-0.4, -0.2) is 34.9 Å². The monoisotopic (exact) mass is 357 g/mol. The second kappa shape index (κ2) is 7.67. The van der Waals surface area contributed by atoms with Gasteiger partial charge in [-0.15, -0.1) is 11.3 Å². The highest BCUT2D eigenvalue weighted by atomic mass is 32.1. The van der Waals surface area contributed by atoms with E-state index >= 15 is 0 Å². The summed E-state index contributed by atoms with van der Waals surface area (Å²) >= 11 is 1.70. The van der Waals surface area contributed by atoms with Crippen LogP contribution in [-0.2, 0) is 11.3 Å². The summed E-state index contributed by atoms with van der Waals surface area (Å²) in [4.78, 5) is 19.4. The van der Waals surface area contributed by atoms with Crippen LogP contribution >= 0.6 is 11.3 Å². The van der Waals surface area contributed by atoms with Gasteiger partial charge in [0.15, 0.2) is 0 Å². The highest BCUT2D eigenvalue weighted by molar-refractivity contribution is 7.13. The molecule has 1 fully saturated rings. The molecule has 2 aromatic rings. The van der Waals surface area contributed by atoms with Gasteiger partial charge in [-0.25, -0.2) is 4.98 Å². The molecule has 0 spiro atoms. The molecule has 0 saturated carbocycles. The van der Waals surface area contributed by atoms with E-state index in [1.54, 1.807) is 11.3 Å². The molecule has 2 heterocycles. The third-order valence-electron chi connectivity index (χ3n) is 4.48. The fourth-order valence-corrected chi connectivity index (χ4v) is 3.86. The number of thiazole rings is 1. The molecule has 134 valence electrons. The predicted molar refractivity (Wildman–Crippen MR) is 103 cm³/mol. The first kappa shape index (κ1) is 18.1. The molecular formula is C20H27N3OS. The highest BCUT2D eigenvalue weighted by Crippen LogP contribution is 2.24. The van der Waals surface area contributed by atoms with Crippen molar-refractivity contribution in [3.8, 4) is 10.6 Å². The zero-order valence-corrected chi connectivity index (χ0v) is 16.1. The van der Waals surface area contributed by atoms with Gasteiger partial charge in [-0.1, -0.05) is 51.1 Å². The van der Waals surface area contributed by atoms with Crippen molar-refractivity contribution in [2.45, 2.75) is 46.2 Å². The Morgan fingerprint density at radius 2 is 2.08 bits per heavy atom. The molecule has 1 aromatic carbocycles. The third kappa shape index (κ3) is 4.89. The van der Waals surface area contributed by atoms with Crippen LogP contribution in [0.1, 0.15) is 39.3 Å². The lowest BCUT2D eigenvalue weighted by Gasteiger charge is -2.34. The lowest BCUT2D eigenvalue weighted by atomic mass is 9.94. The lowest BCUT2D eigenvalue weighted by Crippen LogP contribution is -2.50. The Morgan fingerprint density at radius 1 is 1.32 bits per heavy atom. The third-order valence-corrected chi connectivity index (χ3v) is 5.42. The number of hydrogen-bond acceptors (Lipinski definition) is 4. The van der Waals surface area contributed by atoms with Crippen LogP contribution in [0.25, 0.3) is 10.6 Å². The highest BCUT2D eigenvalue weighted by Gasteiger charge is 2.27. The summed E-state index contributed by atoms with van der Waals surface area (Å²) < 4.78 is 0. The summed E-state index contributed by atoms with van der Waals surface area (Å²) in [5.41, 5.74) is 1.96. The molecule has 5 heteroatoms. The standard InChI is InChI=1S/C20H27N3OS/c1-20(2,3)19(24)22-16-10-7-11-23(12-16)13-17-14-25-18(21-17)15-8-5-4-6-9-15/h4-6,8-9,14,16H,7,10-13H2,1-3H3,(H,22,24). The SMILES string of the molecule is CC(C)(C)C(=O)NC1CCCN(Cc2csc(-c3ccccc3)n2)C1. The van der Waals surface area contributed by atoms with E-state index < -0.39 is 0 Å². The van der Waals surface area contributed by atoms with E-state index in [4.69, 9.17) is 4.98 Å². The molecule has 0 aliphatic carbocycles. The number of nitrogens with zero attached hydrogens (tertiary/aromatic N) is 2. The van der Waals surface area contributed by atoms with E-state index in [9.17, 15) is 4.79 Å². The number of aromatic nitrogens is 1. The zero-order valence-electron chi connectivity index (χ0n) is 15.3. The number of carbonyl (C=O) groups is 1. The summed E-state index contributed by atoms with van der Waals surface area (Å²) in [6.07, 6.45) is 2.18. The van der Waals surface area contributed by atoms with Crippen LogP contribution in [0.2, 0.25) is 0 Å². The van der Waals surface area contributed by atoms with Gasteiger partial charge in [0.2, 0.25) is 5.91 Å². The smallest absolute Gasteiger partial charge is 0.225 e. The molecular weight excluding hydrogens is 330 g/mol. The Morgan fingerprint density at radius 3 is 2.80 bits per heavy atom. The predicted octanol–water partition coefficient (Wildman–Crippen LogP) is 3.94. The minimum absolute atomic E-state index is 0.138. The van der Waals surface area contributed by atoms with Gasteiger partial charge in [0.25, 0.3) is 0 Å². The molecule has 25 heavy (non-hydrogen) atoms. The molecule has 1 aliphatic rings. The maximum Gasteiger partial charge on any atom is 0.225 e. The van der Waals surface area contributed by atoms with E-state index in [2.05, 4.69) is 27.7 Å². The number of benzene rings is 1. The maximum absolute atomic E-state index is 12.2. The van der Waals surface area contributed by atoms with Crippen LogP contribution < -0.4 is 5.32 Å². The van der Waals surface area contributed by atoms with Crippen LogP contribution in [0.15, 0.2) is 35.7 Å². The molecule has 1 aromatic heterocycles. The van der Waals surface area contributed by atoms with Gasteiger partial charge in [0.1, 0.15) is 5.01 Å². The van der Waals surface area contributed by atoms with E-state index in [0.717, 1.165) is 43.2 Å². The quantitative estimate of drug-likeness (QED) is 0.901. The normalized spacial score (nSPS) is 18.9. The average Bonchev–Trinajstić information content (AvgIpc) is 3.03.